The normalized spacial score (nSPS) is 16.4. The molecule has 0 spiro atoms. The van der Waals surface area contributed by atoms with E-state index in [1.807, 2.05) is 30.1 Å². The maximum absolute atomic E-state index is 12.5. The Morgan fingerprint density at radius 1 is 1.35 bits per heavy atom. The zero-order chi connectivity index (χ0) is 14.5. The van der Waals surface area contributed by atoms with Gasteiger partial charge in [-0.15, -0.1) is 0 Å². The molecule has 1 aromatic rings. The third kappa shape index (κ3) is 4.06. The van der Waals surface area contributed by atoms with Gasteiger partial charge >= 0.3 is 0 Å². The lowest BCUT2D eigenvalue weighted by Crippen LogP contribution is -2.39. The zero-order valence-electron chi connectivity index (χ0n) is 11.7. The molecule has 1 aliphatic rings. The van der Waals surface area contributed by atoms with Crippen molar-refractivity contribution in [2.75, 3.05) is 26.7 Å². The fourth-order valence-corrected chi connectivity index (χ4v) is 3.82. The zero-order valence-corrected chi connectivity index (χ0v) is 14.8. The van der Waals surface area contributed by atoms with Crippen molar-refractivity contribution < 1.29 is 4.79 Å². The first-order valence-electron chi connectivity index (χ1n) is 7.00. The van der Waals surface area contributed by atoms with Gasteiger partial charge in [0.25, 0.3) is 5.91 Å². The molecule has 0 unspecified atom stereocenters. The molecule has 0 aliphatic carbocycles. The summed E-state index contributed by atoms with van der Waals surface area (Å²) in [5, 5.41) is 3.20. The number of carbonyl (C=O) groups excluding carboxylic acids is 1. The maximum Gasteiger partial charge on any atom is 0.254 e. The minimum Gasteiger partial charge on any atom is -0.339 e. The minimum atomic E-state index is 0.136. The molecule has 3 nitrogen and oxygen atoms in total. The number of hydrogen-bond donors (Lipinski definition) is 1. The van der Waals surface area contributed by atoms with Crippen LogP contribution in [0.5, 0.6) is 0 Å². The molecule has 1 aromatic carbocycles. The van der Waals surface area contributed by atoms with Crippen LogP contribution in [0.25, 0.3) is 0 Å². The van der Waals surface area contributed by atoms with Crippen LogP contribution in [0.3, 0.4) is 0 Å². The Morgan fingerprint density at radius 3 is 2.65 bits per heavy atom. The number of likely N-dealkylation sites (tertiary alicyclic amines) is 1. The molecule has 1 N–H and O–H groups in total. The third-order valence-electron chi connectivity index (χ3n) is 3.87. The van der Waals surface area contributed by atoms with Crippen LogP contribution < -0.4 is 5.32 Å². The Labute approximate surface area is 137 Å². The Morgan fingerprint density at radius 2 is 2.05 bits per heavy atom. The van der Waals surface area contributed by atoms with Crippen molar-refractivity contribution in [3.63, 3.8) is 0 Å². The van der Waals surface area contributed by atoms with E-state index in [2.05, 4.69) is 37.2 Å². The Balaban J connectivity index is 1.94. The number of nitrogens with zero attached hydrogens (tertiary/aromatic N) is 1. The second kappa shape index (κ2) is 7.57. The molecule has 0 saturated carbocycles. The van der Waals surface area contributed by atoms with E-state index in [0.29, 0.717) is 0 Å². The lowest BCUT2D eigenvalue weighted by Gasteiger charge is -2.32. The Hall–Kier alpha value is -0.390. The van der Waals surface area contributed by atoms with E-state index >= 15 is 0 Å². The van der Waals surface area contributed by atoms with Gasteiger partial charge in [0.2, 0.25) is 0 Å². The second-order valence-electron chi connectivity index (χ2n) is 5.25. The number of hydrogen-bond acceptors (Lipinski definition) is 2. The summed E-state index contributed by atoms with van der Waals surface area (Å²) in [6, 6.07) is 5.72. The summed E-state index contributed by atoms with van der Waals surface area (Å²) in [6.07, 6.45) is 3.43. The van der Waals surface area contributed by atoms with Gasteiger partial charge in [0, 0.05) is 22.0 Å². The smallest absolute Gasteiger partial charge is 0.254 e. The van der Waals surface area contributed by atoms with Crippen LogP contribution in [0.4, 0.5) is 0 Å². The van der Waals surface area contributed by atoms with Crippen LogP contribution in [0, 0.1) is 5.92 Å². The molecule has 1 amide bonds. The molecule has 1 saturated heterocycles. The SMILES string of the molecule is CNCCC1CCN(C(=O)c2ccc(Br)cc2Br)CC1. The van der Waals surface area contributed by atoms with Gasteiger partial charge in [-0.05, 0) is 72.9 Å². The molecule has 0 atom stereocenters. The maximum atomic E-state index is 12.5. The average Bonchev–Trinajstić information content (AvgIpc) is 2.45. The van der Waals surface area contributed by atoms with E-state index in [1.54, 1.807) is 0 Å². The van der Waals surface area contributed by atoms with Crippen molar-refractivity contribution in [1.29, 1.82) is 0 Å². The third-order valence-corrected chi connectivity index (χ3v) is 5.02. The highest BCUT2D eigenvalue weighted by Gasteiger charge is 2.24. The second-order valence-corrected chi connectivity index (χ2v) is 7.02. The fourth-order valence-electron chi connectivity index (χ4n) is 2.61. The summed E-state index contributed by atoms with van der Waals surface area (Å²) in [7, 11) is 1.99. The molecular weight excluding hydrogens is 384 g/mol. The quantitative estimate of drug-likeness (QED) is 0.831. The molecule has 1 heterocycles. The topological polar surface area (TPSA) is 32.3 Å². The number of rotatable bonds is 4. The molecule has 5 heteroatoms. The van der Waals surface area contributed by atoms with Crippen molar-refractivity contribution >= 4 is 37.8 Å². The molecular formula is C15H20Br2N2O. The molecule has 20 heavy (non-hydrogen) atoms. The predicted octanol–water partition coefficient (Wildman–Crippen LogP) is 3.67. The largest absolute Gasteiger partial charge is 0.339 e. The van der Waals surface area contributed by atoms with Crippen molar-refractivity contribution in [2.24, 2.45) is 5.92 Å². The van der Waals surface area contributed by atoms with Gasteiger partial charge in [0.1, 0.15) is 0 Å². The van der Waals surface area contributed by atoms with Crippen molar-refractivity contribution in [3.8, 4) is 0 Å². The van der Waals surface area contributed by atoms with Crippen molar-refractivity contribution in [2.45, 2.75) is 19.3 Å². The predicted molar refractivity (Wildman–Crippen MR) is 89.0 cm³/mol. The standard InChI is InChI=1S/C15H20Br2N2O/c1-18-7-4-11-5-8-19(9-6-11)15(20)13-3-2-12(16)10-14(13)17/h2-3,10-11,18H,4-9H2,1H3. The van der Waals surface area contributed by atoms with E-state index in [0.717, 1.165) is 52.9 Å². The first-order valence-corrected chi connectivity index (χ1v) is 8.59. The molecule has 0 aromatic heterocycles. The van der Waals surface area contributed by atoms with Gasteiger partial charge in [-0.1, -0.05) is 15.9 Å². The first kappa shape index (κ1) is 16.0. The highest BCUT2D eigenvalue weighted by Crippen LogP contribution is 2.26. The van der Waals surface area contributed by atoms with Gasteiger partial charge < -0.3 is 10.2 Å². The minimum absolute atomic E-state index is 0.136. The van der Waals surface area contributed by atoms with Crippen LogP contribution in [-0.2, 0) is 0 Å². The number of nitrogens with one attached hydrogen (secondary N) is 1. The number of carbonyl (C=O) groups is 1. The number of amides is 1. The van der Waals surface area contributed by atoms with Crippen LogP contribution in [-0.4, -0.2) is 37.5 Å². The number of benzene rings is 1. The number of piperidine rings is 1. The molecule has 110 valence electrons. The van der Waals surface area contributed by atoms with Crippen molar-refractivity contribution in [1.82, 2.24) is 10.2 Å². The van der Waals surface area contributed by atoms with Crippen LogP contribution in [0.2, 0.25) is 0 Å². The van der Waals surface area contributed by atoms with Crippen molar-refractivity contribution in [3.05, 3.63) is 32.7 Å². The van der Waals surface area contributed by atoms with E-state index in [-0.39, 0.29) is 5.91 Å². The van der Waals surface area contributed by atoms with E-state index in [1.165, 1.54) is 6.42 Å². The van der Waals surface area contributed by atoms with Gasteiger partial charge in [0.15, 0.2) is 0 Å². The van der Waals surface area contributed by atoms with Gasteiger partial charge in [-0.25, -0.2) is 0 Å². The molecule has 2 rings (SSSR count). The van der Waals surface area contributed by atoms with E-state index < -0.39 is 0 Å². The van der Waals surface area contributed by atoms with E-state index in [4.69, 9.17) is 0 Å². The van der Waals surface area contributed by atoms with Crippen LogP contribution in [0.15, 0.2) is 27.1 Å². The van der Waals surface area contributed by atoms with Gasteiger partial charge in [0.05, 0.1) is 5.56 Å². The summed E-state index contributed by atoms with van der Waals surface area (Å²) in [6.45, 7) is 2.81. The molecule has 0 radical (unpaired) electrons. The summed E-state index contributed by atoms with van der Waals surface area (Å²) in [4.78, 5) is 14.5. The molecule has 1 aliphatic heterocycles. The Kier molecular flexibility index (Phi) is 6.05. The summed E-state index contributed by atoms with van der Waals surface area (Å²) in [5.74, 6) is 0.885. The summed E-state index contributed by atoms with van der Waals surface area (Å²) < 4.78 is 1.83. The van der Waals surface area contributed by atoms with E-state index in [9.17, 15) is 4.79 Å². The Bertz CT molecular complexity index is 471. The monoisotopic (exact) mass is 402 g/mol. The fraction of sp³-hybridized carbons (Fsp3) is 0.533. The highest BCUT2D eigenvalue weighted by atomic mass is 79.9. The van der Waals surface area contributed by atoms with Gasteiger partial charge in [-0.2, -0.15) is 0 Å². The lowest BCUT2D eigenvalue weighted by molar-refractivity contribution is 0.0686. The molecule has 0 bridgehead atoms. The van der Waals surface area contributed by atoms with Crippen LogP contribution >= 0.6 is 31.9 Å². The lowest BCUT2D eigenvalue weighted by atomic mass is 9.93. The average molecular weight is 404 g/mol. The highest BCUT2D eigenvalue weighted by molar-refractivity contribution is 9.11. The van der Waals surface area contributed by atoms with Crippen LogP contribution in [0.1, 0.15) is 29.6 Å². The molecule has 1 fully saturated rings. The summed E-state index contributed by atoms with van der Waals surface area (Å²) in [5.41, 5.74) is 0.752. The van der Waals surface area contributed by atoms with Gasteiger partial charge in [-0.3, -0.25) is 4.79 Å². The summed E-state index contributed by atoms with van der Waals surface area (Å²) >= 11 is 6.89. The number of halogens is 2. The first-order chi connectivity index (χ1) is 9.61.